The van der Waals surface area contributed by atoms with E-state index in [0.29, 0.717) is 0 Å². The molecule has 7 heteroatoms. The molecule has 0 spiro atoms. The summed E-state index contributed by atoms with van der Waals surface area (Å²) in [4.78, 5) is 37.2. The summed E-state index contributed by atoms with van der Waals surface area (Å²) in [5.41, 5.74) is 5.12. The van der Waals surface area contributed by atoms with Crippen molar-refractivity contribution in [1.29, 1.82) is 0 Å². The Balaban J connectivity index is 2.01. The number of hydrogen-bond acceptors (Lipinski definition) is 4. The summed E-state index contributed by atoms with van der Waals surface area (Å²) in [5.74, 6) is -0.219. The lowest BCUT2D eigenvalue weighted by molar-refractivity contribution is -0.121. The summed E-state index contributed by atoms with van der Waals surface area (Å²) in [6.07, 6.45) is 3.82. The van der Waals surface area contributed by atoms with Gasteiger partial charge in [-0.05, 0) is 19.3 Å². The molecule has 0 saturated heterocycles. The molecule has 19 heavy (non-hydrogen) atoms. The normalized spacial score (nSPS) is 22.4. The van der Waals surface area contributed by atoms with E-state index in [2.05, 4.69) is 10.3 Å². The van der Waals surface area contributed by atoms with Gasteiger partial charge in [0, 0.05) is 30.9 Å². The van der Waals surface area contributed by atoms with E-state index in [1.54, 1.807) is 0 Å². The van der Waals surface area contributed by atoms with Crippen LogP contribution < -0.4 is 22.3 Å². The molecule has 0 bridgehead atoms. The minimum atomic E-state index is -0.490. The Kier molecular flexibility index (Phi) is 3.84. The van der Waals surface area contributed by atoms with Crippen molar-refractivity contribution in [3.63, 3.8) is 0 Å². The van der Waals surface area contributed by atoms with Gasteiger partial charge < -0.3 is 16.0 Å². The molecule has 0 aromatic carbocycles. The number of nitrogens with zero attached hydrogens (tertiary/aromatic N) is 1. The van der Waals surface area contributed by atoms with Crippen molar-refractivity contribution in [2.45, 2.75) is 37.8 Å². The molecule has 1 amide bonds. The molecule has 0 unspecified atom stereocenters. The van der Waals surface area contributed by atoms with Crippen LogP contribution in [-0.2, 0) is 18.3 Å². The summed E-state index contributed by atoms with van der Waals surface area (Å²) in [5, 5.41) is 2.86. The van der Waals surface area contributed by atoms with Gasteiger partial charge in [-0.3, -0.25) is 14.2 Å². The van der Waals surface area contributed by atoms with Gasteiger partial charge in [-0.2, -0.15) is 0 Å². The minimum absolute atomic E-state index is 0.0325. The molecule has 1 aromatic heterocycles. The predicted octanol–water partition coefficient (Wildman–Crippen LogP) is -1.39. The largest absolute Gasteiger partial charge is 0.353 e. The predicted molar refractivity (Wildman–Crippen MR) is 69.8 cm³/mol. The van der Waals surface area contributed by atoms with Crippen molar-refractivity contribution in [2.75, 3.05) is 0 Å². The first kappa shape index (κ1) is 13.5. The van der Waals surface area contributed by atoms with Crippen LogP contribution in [0.4, 0.5) is 0 Å². The topological polar surface area (TPSA) is 110 Å². The third-order valence-electron chi connectivity index (χ3n) is 3.44. The number of aromatic amines is 1. The Morgan fingerprint density at radius 2 is 2.26 bits per heavy atom. The van der Waals surface area contributed by atoms with Gasteiger partial charge in [0.2, 0.25) is 5.91 Å². The summed E-state index contributed by atoms with van der Waals surface area (Å²) in [6.45, 7) is 0. The summed E-state index contributed by atoms with van der Waals surface area (Å²) in [7, 11) is 1.37. The second kappa shape index (κ2) is 5.40. The zero-order valence-corrected chi connectivity index (χ0v) is 10.8. The Morgan fingerprint density at radius 1 is 1.53 bits per heavy atom. The van der Waals surface area contributed by atoms with Crippen molar-refractivity contribution in [2.24, 2.45) is 12.8 Å². The van der Waals surface area contributed by atoms with Crippen molar-refractivity contribution in [3.05, 3.63) is 32.6 Å². The summed E-state index contributed by atoms with van der Waals surface area (Å²) < 4.78 is 0.952. The number of nitrogens with two attached hydrogens (primary N) is 1. The SMILES string of the molecule is Cn1c(=O)[nH]cc(CC(=O)N[C@@H]2CC[C@@H](N)C2)c1=O. The number of carbonyl (C=O) groups excluding carboxylic acids is 1. The van der Waals surface area contributed by atoms with E-state index in [-0.39, 0.29) is 30.0 Å². The van der Waals surface area contributed by atoms with E-state index in [1.807, 2.05) is 0 Å². The molecule has 1 aliphatic carbocycles. The molecule has 1 heterocycles. The van der Waals surface area contributed by atoms with Crippen molar-refractivity contribution >= 4 is 5.91 Å². The fraction of sp³-hybridized carbons (Fsp3) is 0.583. The number of carbonyl (C=O) groups is 1. The van der Waals surface area contributed by atoms with Gasteiger partial charge in [-0.15, -0.1) is 0 Å². The van der Waals surface area contributed by atoms with E-state index in [0.717, 1.165) is 23.8 Å². The van der Waals surface area contributed by atoms with E-state index >= 15 is 0 Å². The van der Waals surface area contributed by atoms with Crippen LogP contribution in [0.15, 0.2) is 15.8 Å². The standard InChI is InChI=1S/C12H18N4O3/c1-16-11(18)7(6-14-12(16)19)4-10(17)15-9-3-2-8(13)5-9/h6,8-9H,2-5,13H2,1H3,(H,14,19)(H,15,17)/t8-,9-/m1/s1. The number of H-pyrrole nitrogens is 1. The first-order valence-electron chi connectivity index (χ1n) is 6.30. The van der Waals surface area contributed by atoms with E-state index in [1.165, 1.54) is 13.2 Å². The summed E-state index contributed by atoms with van der Waals surface area (Å²) in [6, 6.07) is 0.236. The van der Waals surface area contributed by atoms with Crippen molar-refractivity contribution in [3.8, 4) is 0 Å². The molecule has 2 rings (SSSR count). The van der Waals surface area contributed by atoms with E-state index in [4.69, 9.17) is 5.73 Å². The van der Waals surface area contributed by atoms with E-state index < -0.39 is 11.2 Å². The van der Waals surface area contributed by atoms with Gasteiger partial charge in [0.25, 0.3) is 5.56 Å². The molecular formula is C12H18N4O3. The quantitative estimate of drug-likeness (QED) is 0.625. The van der Waals surface area contributed by atoms with Gasteiger partial charge in [0.1, 0.15) is 0 Å². The molecule has 0 radical (unpaired) electrons. The molecular weight excluding hydrogens is 248 g/mol. The number of hydrogen-bond donors (Lipinski definition) is 3. The van der Waals surface area contributed by atoms with Gasteiger partial charge in [-0.1, -0.05) is 0 Å². The number of amides is 1. The zero-order valence-electron chi connectivity index (χ0n) is 10.8. The monoisotopic (exact) mass is 266 g/mol. The molecule has 1 aliphatic rings. The highest BCUT2D eigenvalue weighted by Crippen LogP contribution is 2.16. The van der Waals surface area contributed by atoms with Crippen LogP contribution >= 0.6 is 0 Å². The highest BCUT2D eigenvalue weighted by Gasteiger charge is 2.23. The number of aromatic nitrogens is 2. The minimum Gasteiger partial charge on any atom is -0.353 e. The van der Waals surface area contributed by atoms with Gasteiger partial charge in [0.05, 0.1) is 6.42 Å². The third-order valence-corrected chi connectivity index (χ3v) is 3.44. The fourth-order valence-corrected chi connectivity index (χ4v) is 2.34. The van der Waals surface area contributed by atoms with Crippen LogP contribution in [-0.4, -0.2) is 27.5 Å². The lowest BCUT2D eigenvalue weighted by Gasteiger charge is -2.12. The van der Waals surface area contributed by atoms with Gasteiger partial charge in [0.15, 0.2) is 0 Å². The molecule has 0 aliphatic heterocycles. The molecule has 4 N–H and O–H groups in total. The molecule has 104 valence electrons. The van der Waals surface area contributed by atoms with Crippen LogP contribution in [0.5, 0.6) is 0 Å². The van der Waals surface area contributed by atoms with Crippen LogP contribution in [0, 0.1) is 0 Å². The van der Waals surface area contributed by atoms with Crippen LogP contribution in [0.1, 0.15) is 24.8 Å². The number of nitrogens with one attached hydrogen (secondary N) is 2. The Labute approximate surface area is 109 Å². The Hall–Kier alpha value is -1.89. The maximum Gasteiger partial charge on any atom is 0.328 e. The first-order valence-corrected chi connectivity index (χ1v) is 6.30. The smallest absolute Gasteiger partial charge is 0.328 e. The molecule has 1 aromatic rings. The zero-order chi connectivity index (χ0) is 14.0. The second-order valence-electron chi connectivity index (χ2n) is 5.00. The van der Waals surface area contributed by atoms with Crippen LogP contribution in [0.25, 0.3) is 0 Å². The number of rotatable bonds is 3. The lowest BCUT2D eigenvalue weighted by atomic mass is 10.2. The van der Waals surface area contributed by atoms with Gasteiger partial charge >= 0.3 is 5.69 Å². The molecule has 1 fully saturated rings. The maximum atomic E-state index is 11.8. The highest BCUT2D eigenvalue weighted by atomic mass is 16.2. The summed E-state index contributed by atoms with van der Waals surface area (Å²) >= 11 is 0. The third kappa shape index (κ3) is 3.11. The van der Waals surface area contributed by atoms with Crippen molar-refractivity contribution < 1.29 is 4.79 Å². The Bertz CT molecular complexity index is 589. The van der Waals surface area contributed by atoms with Crippen LogP contribution in [0.2, 0.25) is 0 Å². The molecule has 7 nitrogen and oxygen atoms in total. The van der Waals surface area contributed by atoms with Crippen molar-refractivity contribution in [1.82, 2.24) is 14.9 Å². The maximum absolute atomic E-state index is 11.8. The molecule has 1 saturated carbocycles. The second-order valence-corrected chi connectivity index (χ2v) is 5.00. The average molecular weight is 266 g/mol. The van der Waals surface area contributed by atoms with Gasteiger partial charge in [-0.25, -0.2) is 4.79 Å². The van der Waals surface area contributed by atoms with Crippen LogP contribution in [0.3, 0.4) is 0 Å². The average Bonchev–Trinajstić information content (AvgIpc) is 2.75. The van der Waals surface area contributed by atoms with E-state index in [9.17, 15) is 14.4 Å². The Morgan fingerprint density at radius 3 is 2.89 bits per heavy atom. The highest BCUT2D eigenvalue weighted by molar-refractivity contribution is 5.78. The lowest BCUT2D eigenvalue weighted by Crippen LogP contribution is -2.39. The fourth-order valence-electron chi connectivity index (χ4n) is 2.34. The first-order chi connectivity index (χ1) is 8.97. The molecule has 2 atom stereocenters.